The van der Waals surface area contributed by atoms with Crippen LogP contribution in [-0.4, -0.2) is 40.7 Å². The highest BCUT2D eigenvalue weighted by molar-refractivity contribution is 5.94. The van der Waals surface area contributed by atoms with Gasteiger partial charge in [0.1, 0.15) is 0 Å². The Morgan fingerprint density at radius 1 is 1.43 bits per heavy atom. The van der Waals surface area contributed by atoms with E-state index in [0.717, 1.165) is 30.8 Å². The molecule has 1 aliphatic carbocycles. The summed E-state index contributed by atoms with van der Waals surface area (Å²) in [5, 5.41) is 4.32. The zero-order valence-electron chi connectivity index (χ0n) is 13.3. The van der Waals surface area contributed by atoms with E-state index in [1.807, 2.05) is 23.6 Å². The minimum Gasteiger partial charge on any atom is -0.341 e. The Labute approximate surface area is 127 Å². The molecule has 1 aliphatic rings. The van der Waals surface area contributed by atoms with Crippen LogP contribution in [0.1, 0.15) is 54.6 Å². The van der Waals surface area contributed by atoms with Crippen LogP contribution in [0.2, 0.25) is 0 Å². The molecule has 0 radical (unpaired) electrons. The molecule has 5 heteroatoms. The highest BCUT2D eigenvalue weighted by atomic mass is 16.2. The molecule has 1 amide bonds. The highest BCUT2D eigenvalue weighted by Gasteiger charge is 2.21. The maximum atomic E-state index is 12.6. The van der Waals surface area contributed by atoms with Crippen LogP contribution >= 0.6 is 0 Å². The van der Waals surface area contributed by atoms with E-state index in [0.29, 0.717) is 12.5 Å². The van der Waals surface area contributed by atoms with Gasteiger partial charge in [-0.2, -0.15) is 5.10 Å². The van der Waals surface area contributed by atoms with Crippen molar-refractivity contribution >= 4 is 5.91 Å². The molecule has 0 saturated heterocycles. The van der Waals surface area contributed by atoms with Crippen LogP contribution in [0.15, 0.2) is 6.20 Å². The second-order valence-electron chi connectivity index (χ2n) is 6.20. The number of amides is 1. The Kier molecular flexibility index (Phi) is 5.79. The number of rotatable bonds is 6. The Bertz CT molecular complexity index is 463. The first-order valence-corrected chi connectivity index (χ1v) is 8.11. The zero-order valence-corrected chi connectivity index (χ0v) is 13.3. The van der Waals surface area contributed by atoms with Crippen LogP contribution in [0.25, 0.3) is 0 Å². The molecule has 0 aliphatic heterocycles. The van der Waals surface area contributed by atoms with Crippen LogP contribution in [0.5, 0.6) is 0 Å². The minimum absolute atomic E-state index is 0.0945. The van der Waals surface area contributed by atoms with Gasteiger partial charge >= 0.3 is 0 Å². The third-order valence-electron chi connectivity index (χ3n) is 4.51. The van der Waals surface area contributed by atoms with E-state index < -0.39 is 0 Å². The fraction of sp³-hybridized carbons (Fsp3) is 0.750. The lowest BCUT2D eigenvalue weighted by Crippen LogP contribution is -2.32. The topological polar surface area (TPSA) is 64.2 Å². The average molecular weight is 292 g/mol. The molecular weight excluding hydrogens is 264 g/mol. The molecule has 0 spiro atoms. The quantitative estimate of drug-likeness (QED) is 0.874. The van der Waals surface area contributed by atoms with E-state index in [1.54, 1.807) is 6.20 Å². The van der Waals surface area contributed by atoms with Crippen molar-refractivity contribution in [3.05, 3.63) is 17.5 Å². The maximum Gasteiger partial charge on any atom is 0.257 e. The predicted molar refractivity (Wildman–Crippen MR) is 84.2 cm³/mol. The molecule has 1 aromatic rings. The van der Waals surface area contributed by atoms with Gasteiger partial charge in [0.25, 0.3) is 5.91 Å². The number of carbonyl (C=O) groups excluding carboxylic acids is 1. The number of nitrogens with two attached hydrogens (primary N) is 1. The van der Waals surface area contributed by atoms with Gasteiger partial charge in [0.2, 0.25) is 0 Å². The fourth-order valence-corrected chi connectivity index (χ4v) is 3.17. The molecule has 0 aromatic carbocycles. The second-order valence-corrected chi connectivity index (χ2v) is 6.20. The first-order chi connectivity index (χ1) is 10.1. The van der Waals surface area contributed by atoms with Gasteiger partial charge in [0.15, 0.2) is 0 Å². The molecule has 0 bridgehead atoms. The fourth-order valence-electron chi connectivity index (χ4n) is 3.17. The molecule has 1 heterocycles. The molecule has 1 saturated carbocycles. The third-order valence-corrected chi connectivity index (χ3v) is 4.51. The first kappa shape index (κ1) is 16.0. The van der Waals surface area contributed by atoms with Gasteiger partial charge in [-0.05, 0) is 38.6 Å². The SMILES string of the molecule is Cc1c(C(=O)N(C)CC2CCCCC2)cnn1CCCN. The second kappa shape index (κ2) is 7.59. The van der Waals surface area contributed by atoms with Crippen molar-refractivity contribution in [2.75, 3.05) is 20.1 Å². The smallest absolute Gasteiger partial charge is 0.257 e. The van der Waals surface area contributed by atoms with Crippen molar-refractivity contribution in [2.24, 2.45) is 11.7 Å². The highest BCUT2D eigenvalue weighted by Crippen LogP contribution is 2.24. The molecule has 21 heavy (non-hydrogen) atoms. The summed E-state index contributed by atoms with van der Waals surface area (Å²) in [6.45, 7) is 4.25. The van der Waals surface area contributed by atoms with Crippen LogP contribution in [0.3, 0.4) is 0 Å². The number of carbonyl (C=O) groups is 1. The first-order valence-electron chi connectivity index (χ1n) is 8.11. The maximum absolute atomic E-state index is 12.6. The monoisotopic (exact) mass is 292 g/mol. The largest absolute Gasteiger partial charge is 0.341 e. The van der Waals surface area contributed by atoms with E-state index in [2.05, 4.69) is 5.10 Å². The summed E-state index contributed by atoms with van der Waals surface area (Å²) in [7, 11) is 1.91. The van der Waals surface area contributed by atoms with E-state index in [9.17, 15) is 4.79 Å². The van der Waals surface area contributed by atoms with Crippen LogP contribution < -0.4 is 5.73 Å². The average Bonchev–Trinajstić information content (AvgIpc) is 2.86. The van der Waals surface area contributed by atoms with Crippen molar-refractivity contribution in [3.8, 4) is 0 Å². The Morgan fingerprint density at radius 2 is 2.14 bits per heavy atom. The van der Waals surface area contributed by atoms with Crippen molar-refractivity contribution in [1.82, 2.24) is 14.7 Å². The standard InChI is InChI=1S/C16H28N4O/c1-13-15(11-18-20(13)10-6-9-17)16(21)19(2)12-14-7-4-3-5-8-14/h11,14H,3-10,12,17H2,1-2H3. The van der Waals surface area contributed by atoms with Gasteiger partial charge in [0.05, 0.1) is 11.8 Å². The Morgan fingerprint density at radius 3 is 2.81 bits per heavy atom. The van der Waals surface area contributed by atoms with Gasteiger partial charge in [-0.25, -0.2) is 0 Å². The minimum atomic E-state index is 0.0945. The lowest BCUT2D eigenvalue weighted by molar-refractivity contribution is 0.0759. The molecule has 5 nitrogen and oxygen atoms in total. The lowest BCUT2D eigenvalue weighted by atomic mass is 9.89. The third kappa shape index (κ3) is 4.06. The number of hydrogen-bond acceptors (Lipinski definition) is 3. The number of nitrogens with zero attached hydrogens (tertiary/aromatic N) is 3. The van der Waals surface area contributed by atoms with Crippen LogP contribution in [0, 0.1) is 12.8 Å². The summed E-state index contributed by atoms with van der Waals surface area (Å²) in [6.07, 6.45) is 9.06. The molecule has 2 rings (SSSR count). The lowest BCUT2D eigenvalue weighted by Gasteiger charge is -2.27. The van der Waals surface area contributed by atoms with Crippen LogP contribution in [-0.2, 0) is 6.54 Å². The van der Waals surface area contributed by atoms with Crippen molar-refractivity contribution in [3.63, 3.8) is 0 Å². The van der Waals surface area contributed by atoms with Crippen molar-refractivity contribution < 1.29 is 4.79 Å². The van der Waals surface area contributed by atoms with Gasteiger partial charge in [0, 0.05) is 25.8 Å². The summed E-state index contributed by atoms with van der Waals surface area (Å²) in [4.78, 5) is 14.4. The number of aryl methyl sites for hydroxylation is 1. The van der Waals surface area contributed by atoms with E-state index in [-0.39, 0.29) is 5.91 Å². The summed E-state index contributed by atoms with van der Waals surface area (Å²) < 4.78 is 1.88. The van der Waals surface area contributed by atoms with Gasteiger partial charge in [-0.3, -0.25) is 9.48 Å². The van der Waals surface area contributed by atoms with Crippen molar-refractivity contribution in [2.45, 2.75) is 52.0 Å². The van der Waals surface area contributed by atoms with Gasteiger partial charge < -0.3 is 10.6 Å². The summed E-state index contributed by atoms with van der Waals surface area (Å²) in [6, 6.07) is 0. The molecule has 1 aromatic heterocycles. The summed E-state index contributed by atoms with van der Waals surface area (Å²) in [5.74, 6) is 0.761. The van der Waals surface area contributed by atoms with E-state index in [1.165, 1.54) is 32.1 Å². The molecular formula is C16H28N4O. The summed E-state index contributed by atoms with van der Waals surface area (Å²) in [5.41, 5.74) is 7.20. The van der Waals surface area contributed by atoms with Gasteiger partial charge in [-0.1, -0.05) is 19.3 Å². The number of aromatic nitrogens is 2. The molecule has 0 atom stereocenters. The van der Waals surface area contributed by atoms with E-state index >= 15 is 0 Å². The Hall–Kier alpha value is -1.36. The van der Waals surface area contributed by atoms with Gasteiger partial charge in [-0.15, -0.1) is 0 Å². The number of hydrogen-bond donors (Lipinski definition) is 1. The summed E-state index contributed by atoms with van der Waals surface area (Å²) >= 11 is 0. The van der Waals surface area contributed by atoms with E-state index in [4.69, 9.17) is 5.73 Å². The molecule has 2 N–H and O–H groups in total. The molecule has 1 fully saturated rings. The molecule has 0 unspecified atom stereocenters. The van der Waals surface area contributed by atoms with Crippen LogP contribution in [0.4, 0.5) is 0 Å². The normalized spacial score (nSPS) is 16.1. The molecule has 118 valence electrons. The predicted octanol–water partition coefficient (Wildman–Crippen LogP) is 2.19. The Balaban J connectivity index is 1.96. The van der Waals surface area contributed by atoms with Crippen molar-refractivity contribution in [1.29, 1.82) is 0 Å². The zero-order chi connectivity index (χ0) is 15.2.